The highest BCUT2D eigenvalue weighted by atomic mass is 15.1. The van der Waals surface area contributed by atoms with Crippen molar-refractivity contribution in [2.45, 2.75) is 13.8 Å². The van der Waals surface area contributed by atoms with E-state index in [4.69, 9.17) is 0 Å². The van der Waals surface area contributed by atoms with Gasteiger partial charge in [-0.05, 0) is 92.7 Å². The van der Waals surface area contributed by atoms with Crippen LogP contribution in [0.5, 0.6) is 0 Å². The number of hydrogen-bond acceptors (Lipinski definition) is 1. The predicted octanol–water partition coefficient (Wildman–Crippen LogP) is 12.2. The molecule has 0 saturated heterocycles. The monoisotopic (exact) mass is 545 g/mol. The highest BCUT2D eigenvalue weighted by Crippen LogP contribution is 2.55. The van der Waals surface area contributed by atoms with E-state index in [0.717, 1.165) is 0 Å². The van der Waals surface area contributed by atoms with Crippen LogP contribution in [0.1, 0.15) is 11.1 Å². The largest absolute Gasteiger partial charge is 0.309 e. The van der Waals surface area contributed by atoms with E-state index in [1.165, 1.54) is 104 Å². The van der Waals surface area contributed by atoms with Gasteiger partial charge in [-0.15, -0.1) is 0 Å². The van der Waals surface area contributed by atoms with Gasteiger partial charge < -0.3 is 4.90 Å². The average Bonchev–Trinajstić information content (AvgIpc) is 3.04. The number of rotatable bonds is 3. The van der Waals surface area contributed by atoms with Gasteiger partial charge >= 0.3 is 0 Å². The molecule has 0 fully saturated rings. The van der Waals surface area contributed by atoms with Gasteiger partial charge in [0.2, 0.25) is 0 Å². The summed E-state index contributed by atoms with van der Waals surface area (Å²) in [5.41, 5.74) is 6.10. The van der Waals surface area contributed by atoms with Crippen LogP contribution < -0.4 is 4.90 Å². The molecule has 0 amide bonds. The minimum atomic E-state index is 1.17. The Bertz CT molecular complexity index is 2480. The average molecular weight is 546 g/mol. The van der Waals surface area contributed by atoms with Crippen molar-refractivity contribution in [3.63, 3.8) is 0 Å². The molecule has 0 atom stereocenters. The van der Waals surface area contributed by atoms with Crippen LogP contribution in [0.4, 0.5) is 17.1 Å². The summed E-state index contributed by atoms with van der Waals surface area (Å²) in [6.07, 6.45) is 0. The molecule has 0 N–H and O–H groups in total. The third-order valence-corrected chi connectivity index (χ3v) is 9.78. The van der Waals surface area contributed by atoms with E-state index in [0.29, 0.717) is 0 Å². The smallest absolute Gasteiger partial charge is 0.0619 e. The van der Waals surface area contributed by atoms with Crippen molar-refractivity contribution < 1.29 is 0 Å². The first-order valence-electron chi connectivity index (χ1n) is 15.1. The molecule has 10 aromatic carbocycles. The standard InChI is InChI=1S/C42H27N/c1-24-15-19-28(20-16-24)43(29-21-17-25(2)18-22-29)42-34-13-5-11-32-30-9-3-7-26-23-27-8-4-10-31-33-12-6-14-35(42)39(33)41(38(32)34)40(36(26)30)37(27)31/h3-23H,1-2H3. The van der Waals surface area contributed by atoms with Crippen LogP contribution in [0.3, 0.4) is 0 Å². The zero-order valence-corrected chi connectivity index (χ0v) is 24.1. The molecule has 43 heavy (non-hydrogen) atoms. The van der Waals surface area contributed by atoms with Crippen molar-refractivity contribution in [2.24, 2.45) is 0 Å². The third-order valence-electron chi connectivity index (χ3n) is 9.78. The van der Waals surface area contributed by atoms with Crippen molar-refractivity contribution in [3.05, 3.63) is 139 Å². The Hall–Kier alpha value is -5.40. The highest BCUT2D eigenvalue weighted by Gasteiger charge is 2.27. The van der Waals surface area contributed by atoms with Gasteiger partial charge in [0.05, 0.1) is 5.69 Å². The summed E-state index contributed by atoms with van der Waals surface area (Å²) in [5.74, 6) is 0. The fraction of sp³-hybridized carbons (Fsp3) is 0.0476. The van der Waals surface area contributed by atoms with Crippen LogP contribution in [0.25, 0.3) is 75.4 Å². The third kappa shape index (κ3) is 2.92. The Morgan fingerprint density at radius 3 is 1.19 bits per heavy atom. The zero-order chi connectivity index (χ0) is 28.4. The number of hydrogen-bond donors (Lipinski definition) is 0. The van der Waals surface area contributed by atoms with E-state index in [1.807, 2.05) is 0 Å². The lowest BCUT2D eigenvalue weighted by molar-refractivity contribution is 1.29. The molecule has 0 aromatic heterocycles. The van der Waals surface area contributed by atoms with Crippen LogP contribution in [-0.4, -0.2) is 0 Å². The maximum Gasteiger partial charge on any atom is 0.0619 e. The van der Waals surface area contributed by atoms with Crippen molar-refractivity contribution in [2.75, 3.05) is 4.90 Å². The Morgan fingerprint density at radius 1 is 0.349 bits per heavy atom. The molecule has 0 aliphatic heterocycles. The summed E-state index contributed by atoms with van der Waals surface area (Å²) in [5, 5.41) is 18.9. The van der Waals surface area contributed by atoms with Crippen LogP contribution in [0.2, 0.25) is 0 Å². The summed E-state index contributed by atoms with van der Waals surface area (Å²) in [6.45, 7) is 4.32. The Balaban J connectivity index is 1.52. The number of fused-ring (bicyclic) bond motifs is 2. The first kappa shape index (κ1) is 23.2. The van der Waals surface area contributed by atoms with E-state index in [-0.39, 0.29) is 0 Å². The SMILES string of the molecule is Cc1ccc(N(c2ccc(C)cc2)c2c3cccc4c5cccc6cc7cccc8c9cccc2c9c(c34)c(c65)c78)cc1. The summed E-state index contributed by atoms with van der Waals surface area (Å²) in [6, 6.07) is 47.9. The second kappa shape index (κ2) is 8.12. The molecule has 0 bridgehead atoms. The molecule has 10 aromatic rings. The molecular formula is C42H27N. The van der Waals surface area contributed by atoms with E-state index in [9.17, 15) is 0 Å². The van der Waals surface area contributed by atoms with Gasteiger partial charge in [-0.1, -0.05) is 108 Å². The van der Waals surface area contributed by atoms with Gasteiger partial charge in [0.15, 0.2) is 0 Å². The van der Waals surface area contributed by atoms with E-state index in [2.05, 4.69) is 146 Å². The normalized spacial score (nSPS) is 12.4. The summed E-state index contributed by atoms with van der Waals surface area (Å²) >= 11 is 0. The lowest BCUT2D eigenvalue weighted by atomic mass is 9.80. The molecule has 0 unspecified atom stereocenters. The minimum absolute atomic E-state index is 1.17. The lowest BCUT2D eigenvalue weighted by Crippen LogP contribution is -2.12. The topological polar surface area (TPSA) is 3.24 Å². The molecule has 0 heterocycles. The Labute approximate surface area is 249 Å². The van der Waals surface area contributed by atoms with Crippen molar-refractivity contribution in [1.82, 2.24) is 0 Å². The second-order valence-corrected chi connectivity index (χ2v) is 12.2. The van der Waals surface area contributed by atoms with Gasteiger partial charge in [-0.25, -0.2) is 0 Å². The molecule has 1 nitrogen and oxygen atoms in total. The fourth-order valence-electron chi connectivity index (χ4n) is 7.97. The number of aryl methyl sites for hydroxylation is 2. The maximum absolute atomic E-state index is 2.48. The Kier molecular flexibility index (Phi) is 4.38. The molecular weight excluding hydrogens is 518 g/mol. The number of anilines is 3. The van der Waals surface area contributed by atoms with E-state index >= 15 is 0 Å². The van der Waals surface area contributed by atoms with Crippen LogP contribution in [0, 0.1) is 13.8 Å². The van der Waals surface area contributed by atoms with E-state index in [1.54, 1.807) is 0 Å². The minimum Gasteiger partial charge on any atom is -0.309 e. The fourth-order valence-corrected chi connectivity index (χ4v) is 7.97. The van der Waals surface area contributed by atoms with Gasteiger partial charge in [0.1, 0.15) is 0 Å². The van der Waals surface area contributed by atoms with Gasteiger partial charge in [-0.2, -0.15) is 0 Å². The quantitative estimate of drug-likeness (QED) is 0.158. The van der Waals surface area contributed by atoms with Crippen LogP contribution >= 0.6 is 0 Å². The maximum atomic E-state index is 2.48. The number of nitrogens with zero attached hydrogens (tertiary/aromatic N) is 1. The molecule has 0 saturated carbocycles. The van der Waals surface area contributed by atoms with Crippen LogP contribution in [0.15, 0.2) is 127 Å². The van der Waals surface area contributed by atoms with Gasteiger partial charge in [0.25, 0.3) is 0 Å². The predicted molar refractivity (Wildman–Crippen MR) is 187 cm³/mol. The molecule has 1 heteroatoms. The lowest BCUT2D eigenvalue weighted by Gasteiger charge is -2.31. The van der Waals surface area contributed by atoms with Crippen molar-refractivity contribution >= 4 is 92.5 Å². The van der Waals surface area contributed by atoms with Gasteiger partial charge in [0, 0.05) is 38.3 Å². The van der Waals surface area contributed by atoms with Crippen LogP contribution in [-0.2, 0) is 0 Å². The first-order valence-corrected chi connectivity index (χ1v) is 15.1. The van der Waals surface area contributed by atoms with Crippen molar-refractivity contribution in [1.29, 1.82) is 0 Å². The Morgan fingerprint density at radius 2 is 0.721 bits per heavy atom. The summed E-state index contributed by atoms with van der Waals surface area (Å²) in [7, 11) is 0. The van der Waals surface area contributed by atoms with Crippen molar-refractivity contribution in [3.8, 4) is 0 Å². The molecule has 10 rings (SSSR count). The first-order chi connectivity index (χ1) is 21.2. The highest BCUT2D eigenvalue weighted by molar-refractivity contribution is 6.50. The zero-order valence-electron chi connectivity index (χ0n) is 24.1. The molecule has 200 valence electrons. The van der Waals surface area contributed by atoms with Gasteiger partial charge in [-0.3, -0.25) is 0 Å². The summed E-state index contributed by atoms with van der Waals surface area (Å²) < 4.78 is 0. The molecule has 0 radical (unpaired) electrons. The number of benzene rings is 10. The molecule has 0 aliphatic carbocycles. The second-order valence-electron chi connectivity index (χ2n) is 12.2. The molecule has 0 spiro atoms. The summed E-state index contributed by atoms with van der Waals surface area (Å²) in [4.78, 5) is 2.48. The van der Waals surface area contributed by atoms with E-state index < -0.39 is 0 Å². The molecule has 0 aliphatic rings.